The van der Waals surface area contributed by atoms with Crippen molar-refractivity contribution < 1.29 is 14.3 Å². The molecule has 3 atom stereocenters. The maximum atomic E-state index is 11.7. The molecule has 0 aromatic rings. The zero-order chi connectivity index (χ0) is 13.0. The van der Waals surface area contributed by atoms with Gasteiger partial charge in [0.25, 0.3) is 0 Å². The predicted molar refractivity (Wildman–Crippen MR) is 72.8 cm³/mol. The largest absolute Gasteiger partial charge is 0.370 e. The van der Waals surface area contributed by atoms with Gasteiger partial charge >= 0.3 is 0 Å². The topological polar surface area (TPSA) is 50.9 Å². The number of epoxide rings is 1. The molecule has 0 radical (unpaired) electrons. The zero-order valence-electron chi connectivity index (χ0n) is 10.8. The van der Waals surface area contributed by atoms with Crippen LogP contribution in [0.1, 0.15) is 19.3 Å². The van der Waals surface area contributed by atoms with Gasteiger partial charge in [0, 0.05) is 25.1 Å². The summed E-state index contributed by atoms with van der Waals surface area (Å²) in [4.78, 5) is 11.7. The van der Waals surface area contributed by atoms with E-state index in [2.05, 4.69) is 11.9 Å². The average Bonchev–Trinajstić information content (AvgIpc) is 3.07. The third kappa shape index (κ3) is 3.73. The van der Waals surface area contributed by atoms with Crippen LogP contribution in [0.4, 0.5) is 0 Å². The maximum absolute atomic E-state index is 11.7. The molecule has 1 N–H and O–H groups in total. The van der Waals surface area contributed by atoms with E-state index in [1.54, 1.807) is 17.8 Å². The van der Waals surface area contributed by atoms with Crippen LogP contribution in [0.15, 0.2) is 12.7 Å². The van der Waals surface area contributed by atoms with Crippen molar-refractivity contribution in [3.8, 4) is 0 Å². The van der Waals surface area contributed by atoms with Crippen LogP contribution >= 0.6 is 11.8 Å². The first kappa shape index (κ1) is 13.9. The Morgan fingerprint density at radius 3 is 3.00 bits per heavy atom. The van der Waals surface area contributed by atoms with Gasteiger partial charge in [-0.1, -0.05) is 6.08 Å². The van der Waals surface area contributed by atoms with Gasteiger partial charge in [0.05, 0.1) is 30.8 Å². The highest BCUT2D eigenvalue weighted by atomic mass is 32.2. The monoisotopic (exact) mass is 271 g/mol. The standard InChI is InChI=1S/C13H21NO3S/c1-3-10-7-13(9-16-13)8-11(17-10)6-12(15)14-4-5-18-2/h3,10-11H,1,4-9H2,2H3,(H,14,15)/t10?,11?,13-/m1/s1. The van der Waals surface area contributed by atoms with Gasteiger partial charge < -0.3 is 14.8 Å². The molecule has 2 rings (SSSR count). The quantitative estimate of drug-likeness (QED) is 0.450. The molecule has 102 valence electrons. The van der Waals surface area contributed by atoms with Crippen LogP contribution in [0.2, 0.25) is 0 Å². The summed E-state index contributed by atoms with van der Waals surface area (Å²) in [5.74, 6) is 1.01. The third-order valence-electron chi connectivity index (χ3n) is 3.40. The lowest BCUT2D eigenvalue weighted by Gasteiger charge is -2.32. The minimum atomic E-state index is -0.0430. The highest BCUT2D eigenvalue weighted by Crippen LogP contribution is 2.42. The van der Waals surface area contributed by atoms with Crippen molar-refractivity contribution in [2.45, 2.75) is 37.1 Å². The van der Waals surface area contributed by atoms with Gasteiger partial charge in [-0.25, -0.2) is 0 Å². The van der Waals surface area contributed by atoms with Crippen LogP contribution in [0.3, 0.4) is 0 Å². The number of nitrogens with one attached hydrogen (secondary N) is 1. The number of amides is 1. The second-order valence-corrected chi connectivity index (χ2v) is 5.94. The van der Waals surface area contributed by atoms with Crippen LogP contribution in [-0.4, -0.2) is 48.9 Å². The van der Waals surface area contributed by atoms with Crippen LogP contribution < -0.4 is 5.32 Å². The minimum Gasteiger partial charge on any atom is -0.370 e. The lowest BCUT2D eigenvalue weighted by atomic mass is 9.90. The summed E-state index contributed by atoms with van der Waals surface area (Å²) >= 11 is 1.72. The first-order chi connectivity index (χ1) is 8.67. The molecule has 18 heavy (non-hydrogen) atoms. The Morgan fingerprint density at radius 2 is 2.39 bits per heavy atom. The van der Waals surface area contributed by atoms with Crippen molar-refractivity contribution in [3.63, 3.8) is 0 Å². The highest BCUT2D eigenvalue weighted by molar-refractivity contribution is 7.98. The fourth-order valence-corrected chi connectivity index (χ4v) is 2.68. The van der Waals surface area contributed by atoms with E-state index >= 15 is 0 Å². The third-order valence-corrected chi connectivity index (χ3v) is 4.01. The molecule has 2 saturated heterocycles. The predicted octanol–water partition coefficient (Wildman–Crippen LogP) is 1.36. The molecule has 2 heterocycles. The van der Waals surface area contributed by atoms with Gasteiger partial charge in [0.1, 0.15) is 0 Å². The van der Waals surface area contributed by atoms with Crippen molar-refractivity contribution in [3.05, 3.63) is 12.7 Å². The summed E-state index contributed by atoms with van der Waals surface area (Å²) < 4.78 is 11.3. The normalized spacial score (nSPS) is 34.3. The Morgan fingerprint density at radius 1 is 1.61 bits per heavy atom. The Hall–Kier alpha value is -0.520. The van der Waals surface area contributed by atoms with E-state index in [1.807, 2.05) is 6.26 Å². The number of rotatable bonds is 6. The van der Waals surface area contributed by atoms with E-state index in [1.165, 1.54) is 0 Å². The van der Waals surface area contributed by atoms with E-state index in [9.17, 15) is 4.79 Å². The van der Waals surface area contributed by atoms with E-state index in [-0.39, 0.29) is 23.7 Å². The summed E-state index contributed by atoms with van der Waals surface area (Å²) in [7, 11) is 0. The first-order valence-electron chi connectivity index (χ1n) is 6.35. The summed E-state index contributed by atoms with van der Waals surface area (Å²) in [6.07, 6.45) is 5.93. The van der Waals surface area contributed by atoms with E-state index in [4.69, 9.17) is 9.47 Å². The average molecular weight is 271 g/mol. The second kappa shape index (κ2) is 6.08. The molecular formula is C13H21NO3S. The van der Waals surface area contributed by atoms with E-state index in [0.29, 0.717) is 6.42 Å². The van der Waals surface area contributed by atoms with Crippen LogP contribution in [0, 0.1) is 0 Å². The molecule has 0 saturated carbocycles. The molecular weight excluding hydrogens is 250 g/mol. The molecule has 2 fully saturated rings. The van der Waals surface area contributed by atoms with Crippen LogP contribution in [-0.2, 0) is 14.3 Å². The Labute approximate surface area is 112 Å². The highest BCUT2D eigenvalue weighted by Gasteiger charge is 2.51. The molecule has 4 nitrogen and oxygen atoms in total. The molecule has 0 bridgehead atoms. The Balaban J connectivity index is 1.77. The summed E-state index contributed by atoms with van der Waals surface area (Å²) in [5.41, 5.74) is -0.0265. The van der Waals surface area contributed by atoms with Crippen LogP contribution in [0.5, 0.6) is 0 Å². The maximum Gasteiger partial charge on any atom is 0.222 e. The SMILES string of the molecule is C=CC1C[C@]2(CO2)CC(CC(=O)NCCSC)O1. The molecule has 1 spiro atoms. The first-order valence-corrected chi connectivity index (χ1v) is 7.74. The van der Waals surface area contributed by atoms with Gasteiger partial charge in [0.15, 0.2) is 0 Å². The molecule has 0 aromatic carbocycles. The van der Waals surface area contributed by atoms with Crippen molar-refractivity contribution >= 4 is 17.7 Å². The summed E-state index contributed by atoms with van der Waals surface area (Å²) in [5, 5.41) is 2.91. The summed E-state index contributed by atoms with van der Waals surface area (Å²) in [6.45, 7) is 5.29. The molecule has 5 heteroatoms. The number of carbonyl (C=O) groups excluding carboxylic acids is 1. The second-order valence-electron chi connectivity index (χ2n) is 4.96. The van der Waals surface area contributed by atoms with E-state index in [0.717, 1.165) is 31.7 Å². The van der Waals surface area contributed by atoms with Crippen molar-refractivity contribution in [2.24, 2.45) is 0 Å². The molecule has 0 aromatic heterocycles. The molecule has 2 unspecified atom stereocenters. The number of thioether (sulfide) groups is 1. The van der Waals surface area contributed by atoms with Crippen molar-refractivity contribution in [1.82, 2.24) is 5.32 Å². The number of ether oxygens (including phenoxy) is 2. The minimum absolute atomic E-state index is 0.0187. The van der Waals surface area contributed by atoms with Gasteiger partial charge in [-0.3, -0.25) is 4.79 Å². The molecule has 2 aliphatic heterocycles. The Kier molecular flexibility index (Phi) is 4.70. The Bertz CT molecular complexity index is 317. The van der Waals surface area contributed by atoms with Gasteiger partial charge in [0.2, 0.25) is 5.91 Å². The number of hydrogen-bond acceptors (Lipinski definition) is 4. The lowest BCUT2D eigenvalue weighted by Crippen LogP contribution is -2.40. The van der Waals surface area contributed by atoms with Gasteiger partial charge in [-0.05, 0) is 6.26 Å². The smallest absolute Gasteiger partial charge is 0.222 e. The van der Waals surface area contributed by atoms with E-state index < -0.39 is 0 Å². The number of hydrogen-bond donors (Lipinski definition) is 1. The number of carbonyl (C=O) groups is 1. The molecule has 2 aliphatic rings. The molecule has 0 aliphatic carbocycles. The zero-order valence-corrected chi connectivity index (χ0v) is 11.6. The van der Waals surface area contributed by atoms with Crippen LogP contribution in [0.25, 0.3) is 0 Å². The van der Waals surface area contributed by atoms with Gasteiger partial charge in [-0.2, -0.15) is 11.8 Å². The summed E-state index contributed by atoms with van der Waals surface area (Å²) in [6, 6.07) is 0. The lowest BCUT2D eigenvalue weighted by molar-refractivity contribution is -0.127. The fraction of sp³-hybridized carbons (Fsp3) is 0.769. The van der Waals surface area contributed by atoms with Gasteiger partial charge in [-0.15, -0.1) is 6.58 Å². The molecule has 1 amide bonds. The van der Waals surface area contributed by atoms with Crippen molar-refractivity contribution in [1.29, 1.82) is 0 Å². The fourth-order valence-electron chi connectivity index (χ4n) is 2.38. The van der Waals surface area contributed by atoms with Crippen molar-refractivity contribution in [2.75, 3.05) is 25.2 Å².